The summed E-state index contributed by atoms with van der Waals surface area (Å²) in [6, 6.07) is 0. The highest BCUT2D eigenvalue weighted by Crippen LogP contribution is 2.16. The van der Waals surface area contributed by atoms with E-state index in [4.69, 9.17) is 5.11 Å². The third kappa shape index (κ3) is 2.25. The zero-order chi connectivity index (χ0) is 9.84. The maximum atomic E-state index is 10.4. The van der Waals surface area contributed by atoms with Gasteiger partial charge in [0.05, 0.1) is 18.1 Å². The molecule has 0 aliphatic heterocycles. The van der Waals surface area contributed by atoms with E-state index in [-0.39, 0.29) is 11.4 Å². The third-order valence-corrected chi connectivity index (χ3v) is 1.83. The van der Waals surface area contributed by atoms with Gasteiger partial charge in [-0.1, -0.05) is 15.9 Å². The van der Waals surface area contributed by atoms with Crippen LogP contribution < -0.4 is 0 Å². The normalized spacial score (nSPS) is 10.3. The van der Waals surface area contributed by atoms with Gasteiger partial charge in [0.25, 0.3) is 0 Å². The maximum absolute atomic E-state index is 10.4. The van der Waals surface area contributed by atoms with Crippen LogP contribution in [0.25, 0.3) is 0 Å². The summed E-state index contributed by atoms with van der Waals surface area (Å²) >= 11 is 3.19. The lowest BCUT2D eigenvalue weighted by Crippen LogP contribution is -1.99. The lowest BCUT2D eigenvalue weighted by Gasteiger charge is -1.92. The summed E-state index contributed by atoms with van der Waals surface area (Å²) in [4.78, 5) is 9.88. The van der Waals surface area contributed by atoms with Gasteiger partial charge in [-0.2, -0.15) is 5.10 Å². The number of hydrogen-bond acceptors (Lipinski definition) is 4. The van der Waals surface area contributed by atoms with Gasteiger partial charge in [0.15, 0.2) is 5.69 Å². The Bertz CT molecular complexity index is 312. The second-order valence-electron chi connectivity index (χ2n) is 2.33. The van der Waals surface area contributed by atoms with Crippen molar-refractivity contribution in [3.8, 4) is 0 Å². The largest absolute Gasteiger partial charge is 0.390 e. The summed E-state index contributed by atoms with van der Waals surface area (Å²) in [5.74, 6) is 0. The van der Waals surface area contributed by atoms with Crippen LogP contribution in [0, 0.1) is 10.1 Å². The van der Waals surface area contributed by atoms with Crippen molar-refractivity contribution in [1.29, 1.82) is 0 Å². The highest BCUT2D eigenvalue weighted by Gasteiger charge is 2.17. The number of alkyl halides is 1. The number of aliphatic hydroxyl groups is 1. The first-order valence-corrected chi connectivity index (χ1v) is 4.68. The third-order valence-electron chi connectivity index (χ3n) is 1.48. The highest BCUT2D eigenvalue weighted by atomic mass is 79.9. The molecule has 0 aliphatic rings. The van der Waals surface area contributed by atoms with Crippen LogP contribution in [0.15, 0.2) is 6.20 Å². The van der Waals surface area contributed by atoms with Gasteiger partial charge in [0, 0.05) is 5.33 Å². The summed E-state index contributed by atoms with van der Waals surface area (Å²) in [5.41, 5.74) is -0.0330. The number of aromatic nitrogens is 2. The minimum Gasteiger partial charge on any atom is -0.390 e. The number of aryl methyl sites for hydroxylation is 1. The van der Waals surface area contributed by atoms with Crippen molar-refractivity contribution in [2.45, 2.75) is 13.2 Å². The molecular weight excluding hydrogens is 242 g/mol. The monoisotopic (exact) mass is 249 g/mol. The Hall–Kier alpha value is -0.950. The molecule has 72 valence electrons. The van der Waals surface area contributed by atoms with E-state index in [0.29, 0.717) is 11.9 Å². The van der Waals surface area contributed by atoms with Gasteiger partial charge in [-0.05, 0) is 0 Å². The Labute approximate surface area is 82.4 Å². The van der Waals surface area contributed by atoms with Gasteiger partial charge in [-0.25, -0.2) is 0 Å². The minimum atomic E-state index is -0.552. The van der Waals surface area contributed by atoms with Gasteiger partial charge >= 0.3 is 5.69 Å². The molecule has 0 aliphatic carbocycles. The first kappa shape index (κ1) is 10.1. The number of rotatable bonds is 4. The van der Waals surface area contributed by atoms with E-state index in [1.807, 2.05) is 0 Å². The summed E-state index contributed by atoms with van der Waals surface area (Å²) in [6.07, 6.45) is 1.31. The van der Waals surface area contributed by atoms with Crippen LogP contribution in [0.3, 0.4) is 0 Å². The van der Waals surface area contributed by atoms with E-state index in [1.165, 1.54) is 10.9 Å². The van der Waals surface area contributed by atoms with E-state index < -0.39 is 11.5 Å². The zero-order valence-electron chi connectivity index (χ0n) is 6.68. The second-order valence-corrected chi connectivity index (χ2v) is 3.12. The maximum Gasteiger partial charge on any atom is 0.312 e. The van der Waals surface area contributed by atoms with Crippen molar-refractivity contribution in [2.75, 3.05) is 5.33 Å². The standard InChI is InChI=1S/C6H8BrN3O3/c7-1-2-9-3-6(10(12)13)5(4-11)8-9/h3,11H,1-2,4H2. The van der Waals surface area contributed by atoms with Crippen molar-refractivity contribution in [3.05, 3.63) is 22.0 Å². The van der Waals surface area contributed by atoms with E-state index in [0.717, 1.165) is 0 Å². The molecule has 1 rings (SSSR count). The van der Waals surface area contributed by atoms with Crippen molar-refractivity contribution in [3.63, 3.8) is 0 Å². The van der Waals surface area contributed by atoms with Gasteiger partial charge in [0.1, 0.15) is 6.20 Å². The summed E-state index contributed by atoms with van der Waals surface area (Å²) in [6.45, 7) is 0.131. The Morgan fingerprint density at radius 1 is 1.77 bits per heavy atom. The Morgan fingerprint density at radius 2 is 2.46 bits per heavy atom. The van der Waals surface area contributed by atoms with Gasteiger partial charge < -0.3 is 5.11 Å². The molecule has 13 heavy (non-hydrogen) atoms. The number of halogens is 1. The van der Waals surface area contributed by atoms with Crippen LogP contribution in [-0.2, 0) is 13.2 Å². The van der Waals surface area contributed by atoms with Crippen LogP contribution in [0.5, 0.6) is 0 Å². The Balaban J connectivity index is 2.97. The molecule has 0 unspecified atom stereocenters. The summed E-state index contributed by atoms with van der Waals surface area (Å²) in [7, 11) is 0. The topological polar surface area (TPSA) is 81.2 Å². The van der Waals surface area contributed by atoms with Crippen molar-refractivity contribution < 1.29 is 10.0 Å². The molecule has 0 saturated heterocycles. The lowest BCUT2D eigenvalue weighted by molar-refractivity contribution is -0.385. The van der Waals surface area contributed by atoms with Crippen molar-refractivity contribution in [2.24, 2.45) is 0 Å². The molecule has 0 fully saturated rings. The van der Waals surface area contributed by atoms with E-state index in [2.05, 4.69) is 21.0 Å². The molecule has 1 aromatic heterocycles. The smallest absolute Gasteiger partial charge is 0.312 e. The van der Waals surface area contributed by atoms with Crippen molar-refractivity contribution in [1.82, 2.24) is 9.78 Å². The average Bonchev–Trinajstić information content (AvgIpc) is 2.48. The van der Waals surface area contributed by atoms with E-state index >= 15 is 0 Å². The zero-order valence-corrected chi connectivity index (χ0v) is 8.27. The fraction of sp³-hybridized carbons (Fsp3) is 0.500. The van der Waals surface area contributed by atoms with Gasteiger partial charge in [-0.3, -0.25) is 14.8 Å². The fourth-order valence-electron chi connectivity index (χ4n) is 0.917. The predicted molar refractivity (Wildman–Crippen MR) is 48.6 cm³/mol. The molecule has 7 heteroatoms. The lowest BCUT2D eigenvalue weighted by atomic mass is 10.4. The minimum absolute atomic E-state index is 0.103. The molecule has 0 bridgehead atoms. The van der Waals surface area contributed by atoms with E-state index in [1.54, 1.807) is 0 Å². The quantitative estimate of drug-likeness (QED) is 0.484. The predicted octanol–water partition coefficient (Wildman–Crippen LogP) is 0.678. The molecule has 0 amide bonds. The molecule has 1 N–H and O–H groups in total. The molecule has 0 aromatic carbocycles. The fourth-order valence-corrected chi connectivity index (χ4v) is 1.28. The van der Waals surface area contributed by atoms with Crippen LogP contribution in [0.4, 0.5) is 5.69 Å². The summed E-state index contributed by atoms with van der Waals surface area (Å²) in [5, 5.41) is 23.7. The van der Waals surface area contributed by atoms with E-state index in [9.17, 15) is 10.1 Å². The van der Waals surface area contributed by atoms with Crippen LogP contribution in [0.2, 0.25) is 0 Å². The van der Waals surface area contributed by atoms with Crippen LogP contribution in [-0.4, -0.2) is 25.1 Å². The molecule has 0 radical (unpaired) electrons. The number of nitrogens with zero attached hydrogens (tertiary/aromatic N) is 3. The highest BCUT2D eigenvalue weighted by molar-refractivity contribution is 9.09. The SMILES string of the molecule is O=[N+]([O-])c1cn(CCBr)nc1CO. The molecular formula is C6H8BrN3O3. The second kappa shape index (κ2) is 4.33. The number of aliphatic hydroxyl groups excluding tert-OH is 1. The Kier molecular flexibility index (Phi) is 3.38. The van der Waals surface area contributed by atoms with Crippen LogP contribution in [0.1, 0.15) is 5.69 Å². The molecule has 1 aromatic rings. The molecule has 6 nitrogen and oxygen atoms in total. The Morgan fingerprint density at radius 3 is 2.85 bits per heavy atom. The van der Waals surface area contributed by atoms with Crippen LogP contribution >= 0.6 is 15.9 Å². The average molecular weight is 250 g/mol. The van der Waals surface area contributed by atoms with Crippen molar-refractivity contribution >= 4 is 21.6 Å². The van der Waals surface area contributed by atoms with Gasteiger partial charge in [-0.15, -0.1) is 0 Å². The number of hydrogen-bond donors (Lipinski definition) is 1. The first-order valence-electron chi connectivity index (χ1n) is 3.56. The molecule has 0 saturated carbocycles. The molecule has 0 atom stereocenters. The number of nitro groups is 1. The molecule has 1 heterocycles. The van der Waals surface area contributed by atoms with Gasteiger partial charge in [0.2, 0.25) is 0 Å². The molecule has 0 spiro atoms. The summed E-state index contributed by atoms with van der Waals surface area (Å²) < 4.78 is 1.43. The first-order chi connectivity index (χ1) is 6.19.